The third-order valence-corrected chi connectivity index (χ3v) is 8.87. The molecule has 13 heteroatoms. The van der Waals surface area contributed by atoms with Crippen molar-refractivity contribution in [1.82, 2.24) is 19.4 Å². The molecule has 4 aromatic rings. The van der Waals surface area contributed by atoms with Crippen LogP contribution in [0.15, 0.2) is 72.0 Å². The lowest BCUT2D eigenvalue weighted by Gasteiger charge is -2.31. The fraction of sp³-hybridized carbons (Fsp3) is 0.333. The second-order valence-corrected chi connectivity index (χ2v) is 12.2. The molecule has 0 saturated carbocycles. The number of piperidine rings is 1. The Morgan fingerprint density at radius 2 is 1.93 bits per heavy atom. The van der Waals surface area contributed by atoms with E-state index in [9.17, 15) is 14.0 Å². The molecule has 2 aromatic heterocycles. The Labute approximate surface area is 276 Å². The van der Waals surface area contributed by atoms with E-state index < -0.39 is 5.97 Å². The van der Waals surface area contributed by atoms with Gasteiger partial charge in [-0.05, 0) is 62.2 Å². The maximum absolute atomic E-state index is 14.1. The molecule has 242 valence electrons. The molecule has 0 spiro atoms. The molecule has 1 aliphatic heterocycles. The number of thioether (sulfide) groups is 1. The number of imidazole rings is 1. The predicted octanol–water partition coefficient (Wildman–Crippen LogP) is 6.26. The molecule has 0 bridgehead atoms. The first-order valence-electron chi connectivity index (χ1n) is 15.0. The Bertz CT molecular complexity index is 1660. The first-order chi connectivity index (χ1) is 22.3. The lowest BCUT2D eigenvalue weighted by molar-refractivity contribution is -0.117. The van der Waals surface area contributed by atoms with Gasteiger partial charge in [0, 0.05) is 47.6 Å². The Hall–Kier alpha value is -4.13. The van der Waals surface area contributed by atoms with Gasteiger partial charge < -0.3 is 24.7 Å². The second kappa shape index (κ2) is 15.9. The van der Waals surface area contributed by atoms with Crippen molar-refractivity contribution in [3.63, 3.8) is 0 Å². The van der Waals surface area contributed by atoms with E-state index in [0.717, 1.165) is 30.8 Å². The summed E-state index contributed by atoms with van der Waals surface area (Å²) < 4.78 is 27.2. The molecule has 46 heavy (non-hydrogen) atoms. The van der Waals surface area contributed by atoms with Gasteiger partial charge in [0.1, 0.15) is 11.9 Å². The number of carbonyl (C=O) groups is 2. The molecule has 1 fully saturated rings. The number of benzene rings is 2. The third-order valence-electron chi connectivity index (χ3n) is 7.55. The number of nitrogens with one attached hydrogen (secondary N) is 2. The van der Waals surface area contributed by atoms with Gasteiger partial charge in [0.05, 0.1) is 54.9 Å². The summed E-state index contributed by atoms with van der Waals surface area (Å²) in [5, 5.41) is 6.69. The van der Waals surface area contributed by atoms with E-state index in [1.807, 2.05) is 29.7 Å². The van der Waals surface area contributed by atoms with Crippen LogP contribution in [-0.4, -0.2) is 64.2 Å². The van der Waals surface area contributed by atoms with Gasteiger partial charge in [-0.2, -0.15) is 0 Å². The van der Waals surface area contributed by atoms with Crippen LogP contribution >= 0.6 is 23.4 Å². The number of amides is 1. The summed E-state index contributed by atoms with van der Waals surface area (Å²) in [6.07, 6.45) is 5.01. The van der Waals surface area contributed by atoms with Gasteiger partial charge in [0.25, 0.3) is 0 Å². The van der Waals surface area contributed by atoms with E-state index in [0.29, 0.717) is 58.1 Å². The highest BCUT2D eigenvalue weighted by Crippen LogP contribution is 2.28. The zero-order chi connectivity index (χ0) is 32.5. The van der Waals surface area contributed by atoms with Gasteiger partial charge in [-0.25, -0.2) is 19.2 Å². The molecule has 0 radical (unpaired) electrons. The maximum Gasteiger partial charge on any atom is 0.337 e. The van der Waals surface area contributed by atoms with Crippen molar-refractivity contribution in [2.45, 2.75) is 49.6 Å². The van der Waals surface area contributed by atoms with Crippen molar-refractivity contribution in [3.05, 3.63) is 94.9 Å². The number of anilines is 2. The highest BCUT2D eigenvalue weighted by Gasteiger charge is 2.23. The topological polar surface area (TPSA) is 111 Å². The SMILES string of the molecule is CCn1cncc1CNc1cc(C(=O)OC)ccc1NC(=O)CN1CCC(Oc2cccc(CSc3ccc(Cl)cc3F)n2)CC1. The van der Waals surface area contributed by atoms with Gasteiger partial charge in [-0.15, -0.1) is 11.8 Å². The largest absolute Gasteiger partial charge is 0.474 e. The fourth-order valence-corrected chi connectivity index (χ4v) is 6.09. The van der Waals surface area contributed by atoms with Crippen molar-refractivity contribution in [1.29, 1.82) is 0 Å². The number of carbonyl (C=O) groups excluding carboxylic acids is 2. The molecule has 5 rings (SSSR count). The van der Waals surface area contributed by atoms with Crippen LogP contribution in [0.5, 0.6) is 5.88 Å². The zero-order valence-corrected chi connectivity index (χ0v) is 27.2. The minimum atomic E-state index is -0.459. The number of ether oxygens (including phenoxy) is 2. The van der Waals surface area contributed by atoms with Crippen molar-refractivity contribution < 1.29 is 23.5 Å². The van der Waals surface area contributed by atoms with Gasteiger partial charge in [-0.3, -0.25) is 9.69 Å². The Morgan fingerprint density at radius 1 is 1.11 bits per heavy atom. The van der Waals surface area contributed by atoms with Crippen molar-refractivity contribution in [3.8, 4) is 5.88 Å². The molecule has 0 aliphatic carbocycles. The average molecular weight is 667 g/mol. The highest BCUT2D eigenvalue weighted by molar-refractivity contribution is 7.98. The van der Waals surface area contributed by atoms with Crippen LogP contribution in [0.3, 0.4) is 0 Å². The standard InChI is InChI=1S/C33H36ClFN6O4S/c1-3-41-21-36-17-25(41)18-37-29-15-22(33(43)44-2)7-9-28(29)39-31(42)19-40-13-11-26(12-14-40)45-32-6-4-5-24(38-32)20-46-30-10-8-23(34)16-27(30)35/h4-10,15-17,21,26,37H,3,11-14,18-20H2,1-2H3,(H,39,42). The van der Waals surface area contributed by atoms with Crippen molar-refractivity contribution in [2.75, 3.05) is 37.4 Å². The molecule has 2 aromatic carbocycles. The van der Waals surface area contributed by atoms with E-state index in [1.54, 1.807) is 42.9 Å². The third kappa shape index (κ3) is 8.99. The van der Waals surface area contributed by atoms with Crippen LogP contribution in [0, 0.1) is 5.82 Å². The monoisotopic (exact) mass is 666 g/mol. The van der Waals surface area contributed by atoms with E-state index in [-0.39, 0.29) is 24.4 Å². The fourth-order valence-electron chi connectivity index (χ4n) is 5.11. The summed E-state index contributed by atoms with van der Waals surface area (Å²) in [5.74, 6) is 0.0584. The molecular formula is C33H36ClFN6O4S. The van der Waals surface area contributed by atoms with E-state index in [2.05, 4.69) is 25.5 Å². The number of likely N-dealkylation sites (tertiary alicyclic amines) is 1. The number of aromatic nitrogens is 3. The van der Waals surface area contributed by atoms with Crippen molar-refractivity contribution in [2.24, 2.45) is 0 Å². The first-order valence-corrected chi connectivity index (χ1v) is 16.4. The molecule has 3 heterocycles. The zero-order valence-electron chi connectivity index (χ0n) is 25.7. The number of hydrogen-bond acceptors (Lipinski definition) is 9. The number of esters is 1. The summed E-state index contributed by atoms with van der Waals surface area (Å²) >= 11 is 7.20. The highest BCUT2D eigenvalue weighted by atomic mass is 35.5. The van der Waals surface area contributed by atoms with Crippen LogP contribution in [0.4, 0.5) is 15.8 Å². The van der Waals surface area contributed by atoms with Crippen LogP contribution in [0.1, 0.15) is 41.5 Å². The average Bonchev–Trinajstić information content (AvgIpc) is 3.52. The number of halogens is 2. The van der Waals surface area contributed by atoms with Crippen LogP contribution in [-0.2, 0) is 28.4 Å². The van der Waals surface area contributed by atoms with Gasteiger partial charge in [0.15, 0.2) is 0 Å². The summed E-state index contributed by atoms with van der Waals surface area (Å²) in [5.41, 5.74) is 3.32. The number of rotatable bonds is 13. The van der Waals surface area contributed by atoms with Crippen molar-refractivity contribution >= 4 is 46.6 Å². The molecule has 1 saturated heterocycles. The number of nitrogens with zero attached hydrogens (tertiary/aromatic N) is 4. The first kappa shape index (κ1) is 33.2. The molecule has 10 nitrogen and oxygen atoms in total. The summed E-state index contributed by atoms with van der Waals surface area (Å²) in [6, 6.07) is 15.2. The molecular weight excluding hydrogens is 631 g/mol. The van der Waals surface area contributed by atoms with Crippen LogP contribution in [0.25, 0.3) is 0 Å². The minimum absolute atomic E-state index is 0.0262. The molecule has 1 amide bonds. The minimum Gasteiger partial charge on any atom is -0.474 e. The summed E-state index contributed by atoms with van der Waals surface area (Å²) in [7, 11) is 1.33. The lowest BCUT2D eigenvalue weighted by atomic mass is 10.1. The summed E-state index contributed by atoms with van der Waals surface area (Å²) in [4.78, 5) is 36.7. The second-order valence-electron chi connectivity index (χ2n) is 10.7. The molecule has 0 atom stereocenters. The molecule has 0 unspecified atom stereocenters. The predicted molar refractivity (Wildman–Crippen MR) is 177 cm³/mol. The molecule has 2 N–H and O–H groups in total. The van der Waals surface area contributed by atoms with Gasteiger partial charge >= 0.3 is 5.97 Å². The number of hydrogen-bond donors (Lipinski definition) is 2. The quantitative estimate of drug-likeness (QED) is 0.126. The smallest absolute Gasteiger partial charge is 0.337 e. The number of aryl methyl sites for hydroxylation is 1. The van der Waals surface area contributed by atoms with Gasteiger partial charge in [-0.1, -0.05) is 17.7 Å². The van der Waals surface area contributed by atoms with E-state index >= 15 is 0 Å². The van der Waals surface area contributed by atoms with Gasteiger partial charge in [0.2, 0.25) is 11.8 Å². The maximum atomic E-state index is 14.1. The Kier molecular flexibility index (Phi) is 11.5. The summed E-state index contributed by atoms with van der Waals surface area (Å²) in [6.45, 7) is 4.88. The van der Waals surface area contributed by atoms with E-state index in [4.69, 9.17) is 21.1 Å². The molecule has 1 aliphatic rings. The van der Waals surface area contributed by atoms with Crippen LogP contribution in [0.2, 0.25) is 5.02 Å². The van der Waals surface area contributed by atoms with Crippen LogP contribution < -0.4 is 15.4 Å². The number of pyridine rings is 1. The lowest BCUT2D eigenvalue weighted by Crippen LogP contribution is -2.42. The Balaban J connectivity index is 1.12. The Morgan fingerprint density at radius 3 is 2.70 bits per heavy atom. The van der Waals surface area contributed by atoms with E-state index in [1.165, 1.54) is 24.9 Å². The normalized spacial score (nSPS) is 13.7. The number of methoxy groups -OCH3 is 1.